The van der Waals surface area contributed by atoms with Gasteiger partial charge >= 0.3 is 5.69 Å². The highest BCUT2D eigenvalue weighted by Gasteiger charge is 2.08. The molecular formula is C16H18N4O4. The normalized spacial score (nSPS) is 10.8. The second-order valence-corrected chi connectivity index (χ2v) is 5.08. The first-order valence-corrected chi connectivity index (χ1v) is 7.27. The summed E-state index contributed by atoms with van der Waals surface area (Å²) in [5.41, 5.74) is 2.96. The predicted molar refractivity (Wildman–Crippen MR) is 89.5 cm³/mol. The van der Waals surface area contributed by atoms with Crippen molar-refractivity contribution < 1.29 is 9.53 Å². The zero-order valence-corrected chi connectivity index (χ0v) is 13.4. The molecule has 0 saturated heterocycles. The number of rotatable bonds is 6. The SMILES string of the molecule is COc1cccc(/C=N/NC(=O)CCc2c(C)[nH]c(=O)[nH]c2=O)c1. The summed E-state index contributed by atoms with van der Waals surface area (Å²) in [6.45, 7) is 1.62. The van der Waals surface area contributed by atoms with E-state index in [4.69, 9.17) is 4.74 Å². The molecule has 1 aromatic carbocycles. The molecule has 1 heterocycles. The van der Waals surface area contributed by atoms with E-state index < -0.39 is 11.2 Å². The molecule has 0 spiro atoms. The fourth-order valence-corrected chi connectivity index (χ4v) is 2.12. The van der Waals surface area contributed by atoms with Crippen molar-refractivity contribution in [1.82, 2.24) is 15.4 Å². The van der Waals surface area contributed by atoms with Crippen molar-refractivity contribution in [3.63, 3.8) is 0 Å². The number of carbonyl (C=O) groups is 1. The van der Waals surface area contributed by atoms with Crippen LogP contribution in [0.25, 0.3) is 0 Å². The van der Waals surface area contributed by atoms with Gasteiger partial charge < -0.3 is 9.72 Å². The van der Waals surface area contributed by atoms with Gasteiger partial charge in [0.25, 0.3) is 5.56 Å². The lowest BCUT2D eigenvalue weighted by atomic mass is 10.1. The van der Waals surface area contributed by atoms with Gasteiger partial charge in [0.1, 0.15) is 5.75 Å². The Morgan fingerprint density at radius 2 is 2.12 bits per heavy atom. The summed E-state index contributed by atoms with van der Waals surface area (Å²) in [6.07, 6.45) is 1.78. The smallest absolute Gasteiger partial charge is 0.325 e. The third-order valence-electron chi connectivity index (χ3n) is 3.35. The van der Waals surface area contributed by atoms with E-state index in [-0.39, 0.29) is 18.7 Å². The Labute approximate surface area is 137 Å². The van der Waals surface area contributed by atoms with Crippen molar-refractivity contribution in [2.45, 2.75) is 19.8 Å². The number of nitrogens with one attached hydrogen (secondary N) is 3. The van der Waals surface area contributed by atoms with Crippen molar-refractivity contribution in [3.05, 3.63) is 61.9 Å². The number of aromatic amines is 2. The van der Waals surface area contributed by atoms with Crippen molar-refractivity contribution in [2.75, 3.05) is 7.11 Å². The van der Waals surface area contributed by atoms with Crippen LogP contribution in [-0.2, 0) is 11.2 Å². The first kappa shape index (κ1) is 17.2. The van der Waals surface area contributed by atoms with Gasteiger partial charge in [0, 0.05) is 17.7 Å². The number of aromatic nitrogens is 2. The highest BCUT2D eigenvalue weighted by atomic mass is 16.5. The molecule has 0 bridgehead atoms. The number of benzene rings is 1. The van der Waals surface area contributed by atoms with Crippen molar-refractivity contribution in [2.24, 2.45) is 5.10 Å². The molecule has 0 aliphatic heterocycles. The zero-order chi connectivity index (χ0) is 17.5. The maximum absolute atomic E-state index is 11.8. The Morgan fingerprint density at radius 3 is 2.83 bits per heavy atom. The van der Waals surface area contributed by atoms with Crippen LogP contribution in [0.1, 0.15) is 23.2 Å². The molecule has 1 amide bonds. The Balaban J connectivity index is 1.91. The van der Waals surface area contributed by atoms with Crippen LogP contribution in [0.15, 0.2) is 39.0 Å². The van der Waals surface area contributed by atoms with E-state index in [1.165, 1.54) is 6.21 Å². The van der Waals surface area contributed by atoms with E-state index in [1.807, 2.05) is 12.1 Å². The van der Waals surface area contributed by atoms with Gasteiger partial charge in [0.2, 0.25) is 5.91 Å². The Hall–Kier alpha value is -3.16. The van der Waals surface area contributed by atoms with Gasteiger partial charge in [-0.2, -0.15) is 5.10 Å². The number of hydrogen-bond donors (Lipinski definition) is 3. The van der Waals surface area contributed by atoms with Gasteiger partial charge in [-0.3, -0.25) is 14.6 Å². The van der Waals surface area contributed by atoms with Gasteiger partial charge in [-0.05, 0) is 31.0 Å². The number of amides is 1. The zero-order valence-electron chi connectivity index (χ0n) is 13.4. The number of carbonyl (C=O) groups excluding carboxylic acids is 1. The fraction of sp³-hybridized carbons (Fsp3) is 0.250. The number of hydrazone groups is 1. The molecule has 1 aromatic heterocycles. The third kappa shape index (κ3) is 4.67. The van der Waals surface area contributed by atoms with E-state index >= 15 is 0 Å². The predicted octanol–water partition coefficient (Wildman–Crippen LogP) is 0.463. The van der Waals surface area contributed by atoms with Gasteiger partial charge in [-0.25, -0.2) is 10.2 Å². The van der Waals surface area contributed by atoms with Gasteiger partial charge in [0.15, 0.2) is 0 Å². The van der Waals surface area contributed by atoms with Crippen molar-refractivity contribution >= 4 is 12.1 Å². The van der Waals surface area contributed by atoms with Crippen LogP contribution in [0.3, 0.4) is 0 Å². The highest BCUT2D eigenvalue weighted by molar-refractivity contribution is 5.82. The maximum Gasteiger partial charge on any atom is 0.325 e. The average molecular weight is 330 g/mol. The summed E-state index contributed by atoms with van der Waals surface area (Å²) in [4.78, 5) is 39.2. The summed E-state index contributed by atoms with van der Waals surface area (Å²) in [6, 6.07) is 7.22. The molecule has 0 aliphatic rings. The van der Waals surface area contributed by atoms with Crippen LogP contribution >= 0.6 is 0 Å². The molecule has 0 fully saturated rings. The average Bonchev–Trinajstić information content (AvgIpc) is 2.54. The number of ether oxygens (including phenoxy) is 1. The monoisotopic (exact) mass is 330 g/mol. The molecule has 2 rings (SSSR count). The number of nitrogens with zero attached hydrogens (tertiary/aromatic N) is 1. The molecular weight excluding hydrogens is 312 g/mol. The molecule has 126 valence electrons. The summed E-state index contributed by atoms with van der Waals surface area (Å²) in [7, 11) is 1.57. The molecule has 2 aromatic rings. The van der Waals surface area contributed by atoms with E-state index in [0.717, 1.165) is 5.56 Å². The lowest BCUT2D eigenvalue weighted by Crippen LogP contribution is -2.28. The highest BCUT2D eigenvalue weighted by Crippen LogP contribution is 2.10. The molecule has 0 saturated carbocycles. The summed E-state index contributed by atoms with van der Waals surface area (Å²) in [5, 5.41) is 3.86. The van der Waals surface area contributed by atoms with E-state index in [0.29, 0.717) is 17.0 Å². The van der Waals surface area contributed by atoms with E-state index in [2.05, 4.69) is 20.5 Å². The van der Waals surface area contributed by atoms with Crippen LogP contribution in [0, 0.1) is 6.92 Å². The lowest BCUT2D eigenvalue weighted by Gasteiger charge is -2.03. The molecule has 0 atom stereocenters. The second-order valence-electron chi connectivity index (χ2n) is 5.08. The van der Waals surface area contributed by atoms with Crippen LogP contribution in [0.5, 0.6) is 5.75 Å². The summed E-state index contributed by atoms with van der Waals surface area (Å²) in [5.74, 6) is 0.359. The molecule has 3 N–H and O–H groups in total. The van der Waals surface area contributed by atoms with Crippen LogP contribution in [-0.4, -0.2) is 29.2 Å². The Kier molecular flexibility index (Phi) is 5.67. The Morgan fingerprint density at radius 1 is 1.33 bits per heavy atom. The molecule has 24 heavy (non-hydrogen) atoms. The van der Waals surface area contributed by atoms with Crippen molar-refractivity contribution in [3.8, 4) is 5.75 Å². The van der Waals surface area contributed by atoms with Crippen molar-refractivity contribution in [1.29, 1.82) is 0 Å². The van der Waals surface area contributed by atoms with E-state index in [1.54, 1.807) is 26.2 Å². The topological polar surface area (TPSA) is 116 Å². The van der Waals surface area contributed by atoms with Crippen LogP contribution < -0.4 is 21.4 Å². The maximum atomic E-state index is 11.8. The number of hydrogen-bond acceptors (Lipinski definition) is 5. The third-order valence-corrected chi connectivity index (χ3v) is 3.35. The minimum Gasteiger partial charge on any atom is -0.497 e. The fourth-order valence-electron chi connectivity index (χ4n) is 2.12. The summed E-state index contributed by atoms with van der Waals surface area (Å²) < 4.78 is 5.09. The standard InChI is InChI=1S/C16H18N4O4/c1-10-13(15(22)19-16(23)18-10)6-7-14(21)20-17-9-11-4-3-5-12(8-11)24-2/h3-5,8-9H,6-7H2,1-2H3,(H,20,21)(H2,18,19,22,23)/b17-9+. The van der Waals surface area contributed by atoms with Gasteiger partial charge in [-0.15, -0.1) is 0 Å². The second kappa shape index (κ2) is 7.91. The molecule has 0 radical (unpaired) electrons. The number of H-pyrrole nitrogens is 2. The van der Waals surface area contributed by atoms with E-state index in [9.17, 15) is 14.4 Å². The number of methoxy groups -OCH3 is 1. The first-order chi connectivity index (χ1) is 11.5. The molecule has 8 heteroatoms. The van der Waals surface area contributed by atoms with Gasteiger partial charge in [-0.1, -0.05) is 12.1 Å². The van der Waals surface area contributed by atoms with Crippen LogP contribution in [0.2, 0.25) is 0 Å². The minimum absolute atomic E-state index is 0.0748. The summed E-state index contributed by atoms with van der Waals surface area (Å²) >= 11 is 0. The number of aryl methyl sites for hydroxylation is 1. The lowest BCUT2D eigenvalue weighted by molar-refractivity contribution is -0.121. The van der Waals surface area contributed by atoms with Gasteiger partial charge in [0.05, 0.1) is 13.3 Å². The first-order valence-electron chi connectivity index (χ1n) is 7.27. The largest absolute Gasteiger partial charge is 0.497 e. The Bertz CT molecular complexity index is 867. The molecule has 0 unspecified atom stereocenters. The molecule has 0 aliphatic carbocycles. The quantitative estimate of drug-likeness (QED) is 0.527. The van der Waals surface area contributed by atoms with Crippen LogP contribution in [0.4, 0.5) is 0 Å². The minimum atomic E-state index is -0.561. The molecule has 8 nitrogen and oxygen atoms in total.